The van der Waals surface area contributed by atoms with E-state index in [4.69, 9.17) is 14.0 Å². The highest BCUT2D eigenvalue weighted by molar-refractivity contribution is 7.98. The summed E-state index contributed by atoms with van der Waals surface area (Å²) < 4.78 is 16.2. The summed E-state index contributed by atoms with van der Waals surface area (Å²) in [6, 6.07) is 11.3. The number of hydrogen-bond donors (Lipinski definition) is 1. The third-order valence-electron chi connectivity index (χ3n) is 4.36. The van der Waals surface area contributed by atoms with Crippen LogP contribution in [0.4, 0.5) is 0 Å². The van der Waals surface area contributed by atoms with Crippen LogP contribution in [-0.4, -0.2) is 35.8 Å². The molecule has 150 valence electrons. The maximum atomic E-state index is 12.7. The van der Waals surface area contributed by atoms with Crippen molar-refractivity contribution in [2.45, 2.75) is 24.1 Å². The summed E-state index contributed by atoms with van der Waals surface area (Å²) >= 11 is 1.46. The monoisotopic (exact) mass is 411 g/mol. The Morgan fingerprint density at radius 3 is 2.86 bits per heavy atom. The number of fused-ring (bicyclic) bond motifs is 1. The van der Waals surface area contributed by atoms with Crippen LogP contribution < -0.4 is 14.8 Å². The molecule has 0 saturated carbocycles. The van der Waals surface area contributed by atoms with Gasteiger partial charge in [-0.25, -0.2) is 4.98 Å². The Labute approximate surface area is 172 Å². The molecule has 4 rings (SSSR count). The highest BCUT2D eigenvalue weighted by Crippen LogP contribution is 2.30. The SMILES string of the molecule is Cc1cc(CSc2ncccc2C(=O)NCCc2ccc3c(c2)OCCO3)no1. The lowest BCUT2D eigenvalue weighted by atomic mass is 10.1. The lowest BCUT2D eigenvalue weighted by Crippen LogP contribution is -2.26. The van der Waals surface area contributed by atoms with E-state index in [1.165, 1.54) is 11.8 Å². The summed E-state index contributed by atoms with van der Waals surface area (Å²) in [5.74, 6) is 2.73. The van der Waals surface area contributed by atoms with E-state index in [0.29, 0.717) is 42.5 Å². The maximum absolute atomic E-state index is 12.7. The Bertz CT molecular complexity index is 1010. The van der Waals surface area contributed by atoms with E-state index in [-0.39, 0.29) is 5.91 Å². The molecule has 0 radical (unpaired) electrons. The van der Waals surface area contributed by atoms with Gasteiger partial charge in [0.05, 0.1) is 11.3 Å². The molecule has 29 heavy (non-hydrogen) atoms. The van der Waals surface area contributed by atoms with E-state index in [2.05, 4.69) is 15.5 Å². The van der Waals surface area contributed by atoms with E-state index in [0.717, 1.165) is 28.5 Å². The van der Waals surface area contributed by atoms with Gasteiger partial charge < -0.3 is 19.3 Å². The number of pyridine rings is 1. The number of aromatic nitrogens is 2. The first kappa shape index (κ1) is 19.3. The number of amides is 1. The maximum Gasteiger partial charge on any atom is 0.254 e. The van der Waals surface area contributed by atoms with E-state index in [1.54, 1.807) is 18.3 Å². The van der Waals surface area contributed by atoms with Crippen molar-refractivity contribution < 1.29 is 18.8 Å². The number of benzene rings is 1. The summed E-state index contributed by atoms with van der Waals surface area (Å²) in [4.78, 5) is 17.0. The van der Waals surface area contributed by atoms with Crippen LogP contribution in [0, 0.1) is 6.92 Å². The molecular weight excluding hydrogens is 390 g/mol. The van der Waals surface area contributed by atoms with Crippen LogP contribution in [0.3, 0.4) is 0 Å². The third kappa shape index (κ3) is 4.89. The Morgan fingerprint density at radius 2 is 2.03 bits per heavy atom. The zero-order chi connectivity index (χ0) is 20.1. The van der Waals surface area contributed by atoms with Crippen LogP contribution >= 0.6 is 11.8 Å². The molecule has 0 bridgehead atoms. The number of aryl methyl sites for hydroxylation is 1. The topological polar surface area (TPSA) is 86.5 Å². The van der Waals surface area contributed by atoms with Gasteiger partial charge in [-0.15, -0.1) is 0 Å². The van der Waals surface area contributed by atoms with Gasteiger partial charge in [0.15, 0.2) is 11.5 Å². The zero-order valence-electron chi connectivity index (χ0n) is 16.0. The molecule has 1 aliphatic heterocycles. The third-order valence-corrected chi connectivity index (χ3v) is 5.39. The molecule has 3 heterocycles. The molecule has 8 heteroatoms. The van der Waals surface area contributed by atoms with Crippen molar-refractivity contribution in [2.75, 3.05) is 19.8 Å². The molecular formula is C21H21N3O4S. The lowest BCUT2D eigenvalue weighted by Gasteiger charge is -2.18. The standard InChI is InChI=1S/C21H21N3O4S/c1-14-11-16(24-28-14)13-29-21-17(3-2-7-23-21)20(25)22-8-6-15-4-5-18-19(12-15)27-10-9-26-18/h2-5,7,11-12H,6,8-10,13H2,1H3,(H,22,25). The van der Waals surface area contributed by atoms with E-state index in [9.17, 15) is 4.79 Å². The van der Waals surface area contributed by atoms with Crippen LogP contribution in [0.15, 0.2) is 52.1 Å². The van der Waals surface area contributed by atoms with E-state index < -0.39 is 0 Å². The van der Waals surface area contributed by atoms with Crippen molar-refractivity contribution in [2.24, 2.45) is 0 Å². The molecule has 1 N–H and O–H groups in total. The van der Waals surface area contributed by atoms with Gasteiger partial charge in [0.1, 0.15) is 24.0 Å². The first-order chi connectivity index (χ1) is 14.2. The van der Waals surface area contributed by atoms with Crippen LogP contribution in [0.1, 0.15) is 27.4 Å². The van der Waals surface area contributed by atoms with Gasteiger partial charge in [0.2, 0.25) is 0 Å². The number of rotatable bonds is 7. The molecule has 0 fully saturated rings. The number of nitrogens with one attached hydrogen (secondary N) is 1. The molecule has 1 aliphatic rings. The van der Waals surface area contributed by atoms with E-state index in [1.807, 2.05) is 31.2 Å². The Hall–Kier alpha value is -3.00. The Balaban J connectivity index is 1.34. The fourth-order valence-electron chi connectivity index (χ4n) is 2.97. The predicted molar refractivity (Wildman–Crippen MR) is 109 cm³/mol. The minimum atomic E-state index is -0.144. The average molecular weight is 411 g/mol. The second kappa shape index (κ2) is 9.00. The van der Waals surface area contributed by atoms with Gasteiger partial charge >= 0.3 is 0 Å². The molecule has 1 aromatic carbocycles. The van der Waals surface area contributed by atoms with Crippen LogP contribution in [0.25, 0.3) is 0 Å². The molecule has 3 aromatic rings. The number of ether oxygens (including phenoxy) is 2. The Morgan fingerprint density at radius 1 is 1.17 bits per heavy atom. The first-order valence-corrected chi connectivity index (χ1v) is 10.3. The molecule has 2 aromatic heterocycles. The first-order valence-electron chi connectivity index (χ1n) is 9.36. The lowest BCUT2D eigenvalue weighted by molar-refractivity contribution is 0.0950. The van der Waals surface area contributed by atoms with Gasteiger partial charge in [-0.2, -0.15) is 0 Å². The summed E-state index contributed by atoms with van der Waals surface area (Å²) in [5, 5.41) is 7.62. The molecule has 0 aliphatic carbocycles. The summed E-state index contributed by atoms with van der Waals surface area (Å²) in [6.07, 6.45) is 2.38. The van der Waals surface area contributed by atoms with Crippen LogP contribution in [-0.2, 0) is 12.2 Å². The van der Waals surface area contributed by atoms with Crippen molar-refractivity contribution in [3.05, 3.63) is 65.2 Å². The highest BCUT2D eigenvalue weighted by Gasteiger charge is 2.14. The van der Waals surface area contributed by atoms with Crippen molar-refractivity contribution in [3.8, 4) is 11.5 Å². The largest absolute Gasteiger partial charge is 0.486 e. The quantitative estimate of drug-likeness (QED) is 0.596. The van der Waals surface area contributed by atoms with Crippen molar-refractivity contribution in [3.63, 3.8) is 0 Å². The summed E-state index contributed by atoms with van der Waals surface area (Å²) in [6.45, 7) is 3.50. The number of carbonyl (C=O) groups excluding carboxylic acids is 1. The number of hydrogen-bond acceptors (Lipinski definition) is 7. The predicted octanol–water partition coefficient (Wildman–Crippen LogP) is 3.41. The molecule has 0 spiro atoms. The average Bonchev–Trinajstić information content (AvgIpc) is 3.17. The van der Waals surface area contributed by atoms with Gasteiger partial charge in [0.25, 0.3) is 5.91 Å². The normalized spacial score (nSPS) is 12.6. The number of carbonyl (C=O) groups is 1. The Kier molecular flexibility index (Phi) is 6.00. The van der Waals surface area contributed by atoms with Crippen LogP contribution in [0.2, 0.25) is 0 Å². The van der Waals surface area contributed by atoms with Gasteiger partial charge in [-0.3, -0.25) is 4.79 Å². The molecule has 0 saturated heterocycles. The number of nitrogens with zero attached hydrogens (tertiary/aromatic N) is 2. The van der Waals surface area contributed by atoms with E-state index >= 15 is 0 Å². The molecule has 1 amide bonds. The zero-order valence-corrected chi connectivity index (χ0v) is 16.8. The van der Waals surface area contributed by atoms with Crippen molar-refractivity contribution in [1.82, 2.24) is 15.5 Å². The minimum absolute atomic E-state index is 0.144. The molecule has 7 nitrogen and oxygen atoms in total. The summed E-state index contributed by atoms with van der Waals surface area (Å²) in [7, 11) is 0. The molecule has 0 unspecified atom stereocenters. The van der Waals surface area contributed by atoms with Gasteiger partial charge in [-0.1, -0.05) is 23.0 Å². The summed E-state index contributed by atoms with van der Waals surface area (Å²) in [5.41, 5.74) is 2.46. The van der Waals surface area contributed by atoms with Gasteiger partial charge in [-0.05, 0) is 43.2 Å². The second-order valence-electron chi connectivity index (χ2n) is 6.56. The minimum Gasteiger partial charge on any atom is -0.486 e. The van der Waals surface area contributed by atoms with Crippen molar-refractivity contribution >= 4 is 17.7 Å². The van der Waals surface area contributed by atoms with Crippen molar-refractivity contribution in [1.29, 1.82) is 0 Å². The van der Waals surface area contributed by atoms with Gasteiger partial charge in [0, 0.05) is 24.6 Å². The highest BCUT2D eigenvalue weighted by atomic mass is 32.2. The van der Waals surface area contributed by atoms with Crippen LogP contribution in [0.5, 0.6) is 11.5 Å². The fraction of sp³-hybridized carbons (Fsp3) is 0.286. The molecule has 0 atom stereocenters. The number of thioether (sulfide) groups is 1. The smallest absolute Gasteiger partial charge is 0.254 e. The second-order valence-corrected chi connectivity index (χ2v) is 7.52. The fourth-order valence-corrected chi connectivity index (χ4v) is 3.84.